The van der Waals surface area contributed by atoms with Crippen molar-refractivity contribution in [1.29, 1.82) is 0 Å². The van der Waals surface area contributed by atoms with Gasteiger partial charge in [0.05, 0.1) is 4.92 Å². The first-order valence-electron chi connectivity index (χ1n) is 3.17. The number of rotatable bonds is 2. The first-order valence-corrected chi connectivity index (χ1v) is 4.76. The highest BCUT2D eigenvalue weighted by Gasteiger charge is 2.24. The minimum Gasteiger partial charge on any atom is -0.477 e. The van der Waals surface area contributed by atoms with E-state index >= 15 is 0 Å². The van der Waals surface area contributed by atoms with Gasteiger partial charge in [0.1, 0.15) is 9.21 Å². The molecule has 14 heavy (non-hydrogen) atoms. The van der Waals surface area contributed by atoms with Gasteiger partial charge in [0.15, 0.2) is 5.56 Å². The number of aromatic carboxylic acids is 1. The summed E-state index contributed by atoms with van der Waals surface area (Å²) in [6.45, 7) is 0. The van der Waals surface area contributed by atoms with Gasteiger partial charge in [-0.05, 0) is 31.9 Å². The maximum absolute atomic E-state index is 10.7. The van der Waals surface area contributed by atoms with Crippen LogP contribution in [0.3, 0.4) is 0 Å². The van der Waals surface area contributed by atoms with Crippen molar-refractivity contribution >= 4 is 43.5 Å². The van der Waals surface area contributed by atoms with Crippen LogP contribution in [0.25, 0.3) is 0 Å². The normalized spacial score (nSPS) is 9.86. The van der Waals surface area contributed by atoms with Crippen LogP contribution >= 0.6 is 31.9 Å². The van der Waals surface area contributed by atoms with Crippen molar-refractivity contribution in [2.45, 2.75) is 0 Å². The monoisotopic (exact) mass is 324 g/mol. The van der Waals surface area contributed by atoms with Gasteiger partial charge in [-0.15, -0.1) is 0 Å². The Labute approximate surface area is 94.4 Å². The second kappa shape index (κ2) is 4.01. The number of pyridine rings is 1. The fraction of sp³-hybridized carbons (Fsp3) is 0. The van der Waals surface area contributed by atoms with E-state index in [1.807, 2.05) is 0 Å². The molecular weight excluding hydrogens is 324 g/mol. The average molecular weight is 326 g/mol. The first kappa shape index (κ1) is 11.1. The molecule has 0 unspecified atom stereocenters. The Kier molecular flexibility index (Phi) is 3.17. The number of hydrogen-bond acceptors (Lipinski definition) is 4. The summed E-state index contributed by atoms with van der Waals surface area (Å²) in [5.41, 5.74) is -0.968. The zero-order valence-corrected chi connectivity index (χ0v) is 9.57. The molecule has 0 atom stereocenters. The lowest BCUT2D eigenvalue weighted by atomic mass is 10.2. The van der Waals surface area contributed by atoms with Crippen LogP contribution in [0, 0.1) is 10.1 Å². The number of carboxylic acid groups (broad SMARTS) is 1. The number of hydrogen-bond donors (Lipinski definition) is 1. The Balaban J connectivity index is 3.52. The van der Waals surface area contributed by atoms with Gasteiger partial charge >= 0.3 is 5.97 Å². The lowest BCUT2D eigenvalue weighted by Gasteiger charge is -2.00. The number of carbonyl (C=O) groups is 1. The van der Waals surface area contributed by atoms with Crippen LogP contribution in [0.4, 0.5) is 5.69 Å². The van der Waals surface area contributed by atoms with Gasteiger partial charge in [-0.25, -0.2) is 9.78 Å². The van der Waals surface area contributed by atoms with Gasteiger partial charge in [-0.3, -0.25) is 10.1 Å². The van der Waals surface area contributed by atoms with Crippen LogP contribution in [0.2, 0.25) is 0 Å². The van der Waals surface area contributed by atoms with Crippen molar-refractivity contribution in [1.82, 2.24) is 4.98 Å². The van der Waals surface area contributed by atoms with Gasteiger partial charge < -0.3 is 5.11 Å². The number of carboxylic acids is 1. The molecule has 1 N–H and O–H groups in total. The summed E-state index contributed by atoms with van der Waals surface area (Å²) in [6, 6.07) is 1.04. The number of halogens is 2. The van der Waals surface area contributed by atoms with Crippen LogP contribution < -0.4 is 0 Å². The van der Waals surface area contributed by atoms with Crippen molar-refractivity contribution in [3.05, 3.63) is 31.0 Å². The fourth-order valence-corrected chi connectivity index (χ4v) is 2.01. The van der Waals surface area contributed by atoms with E-state index in [0.29, 0.717) is 0 Å². The van der Waals surface area contributed by atoms with Crippen LogP contribution in [-0.2, 0) is 0 Å². The third kappa shape index (κ3) is 2.07. The molecule has 0 aliphatic heterocycles. The van der Waals surface area contributed by atoms with Gasteiger partial charge in [0.2, 0.25) is 0 Å². The van der Waals surface area contributed by atoms with E-state index in [9.17, 15) is 14.9 Å². The molecule has 8 heteroatoms. The van der Waals surface area contributed by atoms with E-state index in [-0.39, 0.29) is 9.21 Å². The highest BCUT2D eigenvalue weighted by Crippen LogP contribution is 2.28. The van der Waals surface area contributed by atoms with Gasteiger partial charge in [0, 0.05) is 6.07 Å². The molecule has 1 aromatic heterocycles. The summed E-state index contributed by atoms with van der Waals surface area (Å²) >= 11 is 5.77. The smallest absolute Gasteiger partial charge is 0.345 e. The zero-order chi connectivity index (χ0) is 10.9. The standard InChI is InChI=1S/C6H2Br2N2O4/c7-3-1-2(10(13)14)4(6(11)12)5(8)9-3/h1H,(H,11,12). The summed E-state index contributed by atoms with van der Waals surface area (Å²) in [6.07, 6.45) is 0. The Bertz CT molecular complexity index is 421. The molecule has 0 spiro atoms. The maximum atomic E-state index is 10.7. The summed E-state index contributed by atoms with van der Waals surface area (Å²) < 4.78 is 0.118. The van der Waals surface area contributed by atoms with E-state index in [0.717, 1.165) is 6.07 Å². The third-order valence-electron chi connectivity index (χ3n) is 1.33. The van der Waals surface area contributed by atoms with E-state index in [4.69, 9.17) is 5.11 Å². The van der Waals surface area contributed by atoms with Crippen LogP contribution in [-0.4, -0.2) is 21.0 Å². The molecule has 0 aliphatic rings. The molecular formula is C6H2Br2N2O4. The van der Waals surface area contributed by atoms with Gasteiger partial charge in [0.25, 0.3) is 5.69 Å². The SMILES string of the molecule is O=C(O)c1c([N+](=O)[O-])cc(Br)nc1Br. The third-order valence-corrected chi connectivity index (χ3v) is 2.31. The molecule has 0 aliphatic carbocycles. The molecule has 0 saturated carbocycles. The largest absolute Gasteiger partial charge is 0.477 e. The van der Waals surface area contributed by atoms with E-state index < -0.39 is 22.1 Å². The Morgan fingerprint density at radius 1 is 1.57 bits per heavy atom. The minimum atomic E-state index is -1.40. The first-order chi connectivity index (χ1) is 6.43. The Morgan fingerprint density at radius 2 is 2.14 bits per heavy atom. The Morgan fingerprint density at radius 3 is 2.57 bits per heavy atom. The topological polar surface area (TPSA) is 93.3 Å². The molecule has 74 valence electrons. The molecule has 0 bridgehead atoms. The van der Waals surface area contributed by atoms with E-state index in [1.165, 1.54) is 0 Å². The fourth-order valence-electron chi connectivity index (χ4n) is 0.814. The molecule has 0 amide bonds. The number of aromatic nitrogens is 1. The highest BCUT2D eigenvalue weighted by atomic mass is 79.9. The summed E-state index contributed by atoms with van der Waals surface area (Å²) in [4.78, 5) is 24.1. The molecule has 1 heterocycles. The van der Waals surface area contributed by atoms with Crippen LogP contribution in [0.5, 0.6) is 0 Å². The molecule has 6 nitrogen and oxygen atoms in total. The second-order valence-electron chi connectivity index (χ2n) is 2.19. The number of nitrogens with zero attached hydrogens (tertiary/aromatic N) is 2. The van der Waals surface area contributed by atoms with Crippen molar-refractivity contribution in [2.24, 2.45) is 0 Å². The van der Waals surface area contributed by atoms with Crippen LogP contribution in [0.1, 0.15) is 10.4 Å². The van der Waals surface area contributed by atoms with Crippen molar-refractivity contribution in [2.75, 3.05) is 0 Å². The molecule has 0 fully saturated rings. The zero-order valence-electron chi connectivity index (χ0n) is 6.40. The van der Waals surface area contributed by atoms with E-state index in [2.05, 4.69) is 36.8 Å². The molecule has 0 aromatic carbocycles. The summed E-state index contributed by atoms with van der Waals surface area (Å²) in [5, 5.41) is 19.2. The second-order valence-corrected chi connectivity index (χ2v) is 3.76. The van der Waals surface area contributed by atoms with Crippen molar-refractivity contribution < 1.29 is 14.8 Å². The maximum Gasteiger partial charge on any atom is 0.345 e. The molecule has 1 rings (SSSR count). The quantitative estimate of drug-likeness (QED) is 0.511. The van der Waals surface area contributed by atoms with Crippen LogP contribution in [0.15, 0.2) is 15.3 Å². The molecule has 1 aromatic rings. The average Bonchev–Trinajstić information content (AvgIpc) is 2.01. The Hall–Kier alpha value is -1.02. The lowest BCUT2D eigenvalue weighted by Crippen LogP contribution is -2.05. The summed E-state index contributed by atoms with van der Waals surface area (Å²) in [7, 11) is 0. The predicted molar refractivity (Wildman–Crippen MR) is 53.3 cm³/mol. The van der Waals surface area contributed by atoms with Gasteiger partial charge in [-0.2, -0.15) is 0 Å². The molecule has 0 saturated heterocycles. The molecule has 0 radical (unpaired) electrons. The van der Waals surface area contributed by atoms with Crippen molar-refractivity contribution in [3.8, 4) is 0 Å². The highest BCUT2D eigenvalue weighted by molar-refractivity contribution is 9.11. The van der Waals surface area contributed by atoms with Crippen molar-refractivity contribution in [3.63, 3.8) is 0 Å². The van der Waals surface area contributed by atoms with Gasteiger partial charge in [-0.1, -0.05) is 0 Å². The number of nitro groups is 1. The lowest BCUT2D eigenvalue weighted by molar-refractivity contribution is -0.385. The van der Waals surface area contributed by atoms with E-state index in [1.54, 1.807) is 0 Å². The minimum absolute atomic E-state index is 0.0777. The summed E-state index contributed by atoms with van der Waals surface area (Å²) in [5.74, 6) is -1.40. The predicted octanol–water partition coefficient (Wildman–Crippen LogP) is 2.21.